The topological polar surface area (TPSA) is 57.5 Å². The van der Waals surface area contributed by atoms with Crippen LogP contribution in [0.2, 0.25) is 0 Å². The lowest BCUT2D eigenvalue weighted by molar-refractivity contribution is -0.134. The summed E-state index contributed by atoms with van der Waals surface area (Å²) in [5.41, 5.74) is 0. The molecule has 0 aromatic rings. The normalized spacial score (nSPS) is 10.2. The fourth-order valence-corrected chi connectivity index (χ4v) is 2.66. The Morgan fingerprint density at radius 3 is 1.04 bits per heavy atom. The molecule has 0 fully saturated rings. The standard InChI is InChI=1S/C18H38O.C2H4O2/c1-2-3-4-5-6-7-8-9-10-11-12-13-14-15-16-17-18-19;1-2(3)4/h19H,2-18H2,1H3;1H3,(H,3,4). The average molecular weight is 331 g/mol. The molecule has 0 spiro atoms. The number of aliphatic hydroxyl groups excluding tert-OH is 1. The molecule has 2 N–H and O–H groups in total. The summed E-state index contributed by atoms with van der Waals surface area (Å²) in [6.07, 6.45) is 22.2. The predicted molar refractivity (Wildman–Crippen MR) is 99.9 cm³/mol. The first-order chi connectivity index (χ1) is 11.1. The van der Waals surface area contributed by atoms with Crippen LogP contribution >= 0.6 is 0 Å². The van der Waals surface area contributed by atoms with Crippen molar-refractivity contribution in [3.63, 3.8) is 0 Å². The third kappa shape index (κ3) is 34.0. The summed E-state index contributed by atoms with van der Waals surface area (Å²) in [5, 5.41) is 16.1. The lowest BCUT2D eigenvalue weighted by atomic mass is 10.0. The van der Waals surface area contributed by atoms with Crippen LogP contribution in [-0.4, -0.2) is 22.8 Å². The molecule has 0 atom stereocenters. The van der Waals surface area contributed by atoms with Crippen molar-refractivity contribution in [1.29, 1.82) is 0 Å². The largest absolute Gasteiger partial charge is 0.481 e. The zero-order valence-electron chi connectivity index (χ0n) is 15.8. The molecule has 0 aromatic carbocycles. The Hall–Kier alpha value is -0.570. The molecule has 0 aliphatic rings. The van der Waals surface area contributed by atoms with E-state index in [1.54, 1.807) is 0 Å². The van der Waals surface area contributed by atoms with Gasteiger partial charge in [0.05, 0.1) is 0 Å². The number of carbonyl (C=O) groups is 1. The van der Waals surface area contributed by atoms with Crippen LogP contribution in [0.4, 0.5) is 0 Å². The first-order valence-corrected chi connectivity index (χ1v) is 9.95. The summed E-state index contributed by atoms with van der Waals surface area (Å²) in [6, 6.07) is 0. The Balaban J connectivity index is 0. The maximum atomic E-state index is 9.00. The number of aliphatic hydroxyl groups is 1. The van der Waals surface area contributed by atoms with Gasteiger partial charge in [-0.25, -0.2) is 0 Å². The molecule has 0 unspecified atom stereocenters. The summed E-state index contributed by atoms with van der Waals surface area (Å²) in [5.74, 6) is -0.833. The van der Waals surface area contributed by atoms with Crippen molar-refractivity contribution in [2.45, 2.75) is 117 Å². The molecule has 3 nitrogen and oxygen atoms in total. The van der Waals surface area contributed by atoms with E-state index < -0.39 is 5.97 Å². The van der Waals surface area contributed by atoms with Crippen molar-refractivity contribution in [3.8, 4) is 0 Å². The van der Waals surface area contributed by atoms with Crippen molar-refractivity contribution in [3.05, 3.63) is 0 Å². The Bertz CT molecular complexity index is 197. The van der Waals surface area contributed by atoms with E-state index in [0.717, 1.165) is 13.3 Å². The molecule has 0 heterocycles. The van der Waals surface area contributed by atoms with Crippen LogP contribution in [0.25, 0.3) is 0 Å². The van der Waals surface area contributed by atoms with Gasteiger partial charge in [-0.2, -0.15) is 0 Å². The number of carboxylic acids is 1. The lowest BCUT2D eigenvalue weighted by Crippen LogP contribution is -1.85. The van der Waals surface area contributed by atoms with E-state index in [-0.39, 0.29) is 0 Å². The number of hydrogen-bond donors (Lipinski definition) is 2. The van der Waals surface area contributed by atoms with Crippen molar-refractivity contribution >= 4 is 5.97 Å². The van der Waals surface area contributed by atoms with Crippen LogP contribution < -0.4 is 0 Å². The molecule has 23 heavy (non-hydrogen) atoms. The Morgan fingerprint density at radius 2 is 0.826 bits per heavy atom. The van der Waals surface area contributed by atoms with E-state index in [9.17, 15) is 0 Å². The van der Waals surface area contributed by atoms with Crippen molar-refractivity contribution in [2.75, 3.05) is 6.61 Å². The third-order valence-corrected chi connectivity index (χ3v) is 4.01. The SMILES string of the molecule is CC(=O)O.CCCCCCCCCCCCCCCCCCO. The van der Waals surface area contributed by atoms with Crippen molar-refractivity contribution < 1.29 is 15.0 Å². The van der Waals surface area contributed by atoms with E-state index in [2.05, 4.69) is 6.92 Å². The minimum atomic E-state index is -0.833. The van der Waals surface area contributed by atoms with Crippen LogP contribution in [0.1, 0.15) is 117 Å². The number of hydrogen-bond acceptors (Lipinski definition) is 2. The van der Waals surface area contributed by atoms with Crippen LogP contribution in [0, 0.1) is 0 Å². The molecule has 140 valence electrons. The number of aliphatic carboxylic acids is 1. The smallest absolute Gasteiger partial charge is 0.300 e. The molecule has 0 rings (SSSR count). The molecule has 0 aliphatic heterocycles. The monoisotopic (exact) mass is 330 g/mol. The summed E-state index contributed by atoms with van der Waals surface area (Å²) < 4.78 is 0. The summed E-state index contributed by atoms with van der Waals surface area (Å²) >= 11 is 0. The molecule has 0 aromatic heterocycles. The zero-order valence-corrected chi connectivity index (χ0v) is 15.8. The van der Waals surface area contributed by atoms with Gasteiger partial charge in [-0.05, 0) is 6.42 Å². The highest BCUT2D eigenvalue weighted by atomic mass is 16.4. The highest BCUT2D eigenvalue weighted by molar-refractivity contribution is 5.62. The minimum absolute atomic E-state index is 0.373. The van der Waals surface area contributed by atoms with Crippen LogP contribution in [0.15, 0.2) is 0 Å². The first kappa shape index (κ1) is 24.7. The third-order valence-electron chi connectivity index (χ3n) is 4.01. The highest BCUT2D eigenvalue weighted by Gasteiger charge is 1.94. The molecule has 0 amide bonds. The minimum Gasteiger partial charge on any atom is -0.481 e. The summed E-state index contributed by atoms with van der Waals surface area (Å²) in [7, 11) is 0. The van der Waals surface area contributed by atoms with Gasteiger partial charge in [-0.1, -0.05) is 103 Å². The van der Waals surface area contributed by atoms with E-state index in [1.807, 2.05) is 0 Å². The number of rotatable bonds is 16. The quantitative estimate of drug-likeness (QED) is 0.325. The number of carboxylic acid groups (broad SMARTS) is 1. The van der Waals surface area contributed by atoms with E-state index >= 15 is 0 Å². The Kier molecular flexibility index (Phi) is 25.4. The van der Waals surface area contributed by atoms with Crippen LogP contribution in [0.3, 0.4) is 0 Å². The molecule has 0 radical (unpaired) electrons. The number of unbranched alkanes of at least 4 members (excludes halogenated alkanes) is 15. The second kappa shape index (κ2) is 23.7. The maximum absolute atomic E-state index is 9.00. The van der Waals surface area contributed by atoms with Gasteiger partial charge in [-0.15, -0.1) is 0 Å². The second-order valence-corrected chi connectivity index (χ2v) is 6.55. The molecular weight excluding hydrogens is 288 g/mol. The molecule has 0 aliphatic carbocycles. The summed E-state index contributed by atoms with van der Waals surface area (Å²) in [6.45, 7) is 3.74. The Morgan fingerprint density at radius 1 is 0.609 bits per heavy atom. The van der Waals surface area contributed by atoms with Crippen LogP contribution in [-0.2, 0) is 4.79 Å². The maximum Gasteiger partial charge on any atom is 0.300 e. The van der Waals surface area contributed by atoms with Crippen LogP contribution in [0.5, 0.6) is 0 Å². The molecule has 0 saturated heterocycles. The summed E-state index contributed by atoms with van der Waals surface area (Å²) in [4.78, 5) is 9.00. The van der Waals surface area contributed by atoms with Gasteiger partial charge in [0.1, 0.15) is 0 Å². The first-order valence-electron chi connectivity index (χ1n) is 9.95. The van der Waals surface area contributed by atoms with Gasteiger partial charge in [0, 0.05) is 13.5 Å². The molecule has 3 heteroatoms. The molecule has 0 bridgehead atoms. The average Bonchev–Trinajstić information content (AvgIpc) is 2.50. The fraction of sp³-hybridized carbons (Fsp3) is 0.950. The van der Waals surface area contributed by atoms with Gasteiger partial charge in [0.15, 0.2) is 0 Å². The molecular formula is C20H42O3. The van der Waals surface area contributed by atoms with Gasteiger partial charge in [0.2, 0.25) is 0 Å². The zero-order chi connectivity index (χ0) is 17.6. The fourth-order valence-electron chi connectivity index (χ4n) is 2.66. The Labute approximate surface area is 144 Å². The van der Waals surface area contributed by atoms with Crippen molar-refractivity contribution in [2.24, 2.45) is 0 Å². The van der Waals surface area contributed by atoms with Gasteiger partial charge >= 0.3 is 0 Å². The van der Waals surface area contributed by atoms with Gasteiger partial charge < -0.3 is 10.2 Å². The lowest BCUT2D eigenvalue weighted by Gasteiger charge is -2.03. The van der Waals surface area contributed by atoms with Crippen molar-refractivity contribution in [1.82, 2.24) is 0 Å². The van der Waals surface area contributed by atoms with E-state index in [0.29, 0.717) is 6.61 Å². The second-order valence-electron chi connectivity index (χ2n) is 6.55. The van der Waals surface area contributed by atoms with E-state index in [1.165, 1.54) is 96.3 Å². The van der Waals surface area contributed by atoms with Gasteiger partial charge in [-0.3, -0.25) is 4.79 Å². The predicted octanol–water partition coefficient (Wildman–Crippen LogP) is 6.33. The van der Waals surface area contributed by atoms with E-state index in [4.69, 9.17) is 15.0 Å². The molecule has 0 saturated carbocycles. The van der Waals surface area contributed by atoms with Gasteiger partial charge in [0.25, 0.3) is 5.97 Å². The highest BCUT2D eigenvalue weighted by Crippen LogP contribution is 2.13.